The van der Waals surface area contributed by atoms with E-state index in [1.165, 1.54) is 48.4 Å². The van der Waals surface area contributed by atoms with Gasteiger partial charge in [0.2, 0.25) is 0 Å². The summed E-state index contributed by atoms with van der Waals surface area (Å²) in [6.07, 6.45) is 2.21. The van der Waals surface area contributed by atoms with Crippen molar-refractivity contribution in [2.75, 3.05) is 20.8 Å². The highest BCUT2D eigenvalue weighted by Crippen LogP contribution is 2.42. The zero-order valence-corrected chi connectivity index (χ0v) is 21.6. The lowest BCUT2D eigenvalue weighted by Crippen LogP contribution is -2.31. The van der Waals surface area contributed by atoms with Gasteiger partial charge in [0.15, 0.2) is 11.5 Å². The number of hydrogen-bond acceptors (Lipinski definition) is 8. The topological polar surface area (TPSA) is 155 Å². The highest BCUT2D eigenvalue weighted by atomic mass is 16.6. The fourth-order valence-electron chi connectivity index (χ4n) is 4.95. The number of phenols is 1. The van der Waals surface area contributed by atoms with Crippen LogP contribution in [0.1, 0.15) is 22.7 Å². The van der Waals surface area contributed by atoms with E-state index in [4.69, 9.17) is 9.47 Å². The molecule has 1 saturated heterocycles. The number of aliphatic hydroxyl groups excluding tert-OH is 1. The Morgan fingerprint density at radius 1 is 1.05 bits per heavy atom. The second-order valence-corrected chi connectivity index (χ2v) is 9.20. The molecule has 1 aliphatic rings. The van der Waals surface area contributed by atoms with E-state index in [0.717, 1.165) is 16.5 Å². The zero-order chi connectivity index (χ0) is 28.6. The largest absolute Gasteiger partial charge is 0.507 e. The fraction of sp³-hybridized carbons (Fsp3) is 0.172. The molecule has 4 aromatic rings. The van der Waals surface area contributed by atoms with Gasteiger partial charge in [-0.15, -0.1) is 0 Å². The summed E-state index contributed by atoms with van der Waals surface area (Å²) in [5.74, 6) is -1.50. The number of aliphatic hydroxyl groups is 1. The van der Waals surface area contributed by atoms with Crippen LogP contribution in [-0.2, 0) is 16.0 Å². The van der Waals surface area contributed by atoms with Gasteiger partial charge < -0.3 is 29.6 Å². The molecule has 1 atom stereocenters. The summed E-state index contributed by atoms with van der Waals surface area (Å²) in [5.41, 5.74) is 1.99. The number of nitro groups is 1. The number of benzene rings is 3. The molecule has 2 heterocycles. The second-order valence-electron chi connectivity index (χ2n) is 9.20. The van der Waals surface area contributed by atoms with E-state index < -0.39 is 28.4 Å². The van der Waals surface area contributed by atoms with Crippen LogP contribution in [0, 0.1) is 10.1 Å². The Labute approximate surface area is 228 Å². The fourth-order valence-corrected chi connectivity index (χ4v) is 4.95. The quantitative estimate of drug-likeness (QED) is 0.0967. The van der Waals surface area contributed by atoms with E-state index in [0.29, 0.717) is 17.7 Å². The molecule has 3 aromatic carbocycles. The molecule has 11 heteroatoms. The zero-order valence-electron chi connectivity index (χ0n) is 21.6. The lowest BCUT2D eigenvalue weighted by atomic mass is 9.94. The monoisotopic (exact) mass is 543 g/mol. The molecule has 204 valence electrons. The molecule has 1 amide bonds. The van der Waals surface area contributed by atoms with E-state index in [2.05, 4.69) is 4.98 Å². The normalized spacial score (nSPS) is 16.4. The summed E-state index contributed by atoms with van der Waals surface area (Å²) in [4.78, 5) is 41.8. The minimum atomic E-state index is -1.01. The molecule has 3 N–H and O–H groups in total. The first kappa shape index (κ1) is 26.3. The Balaban J connectivity index is 1.58. The van der Waals surface area contributed by atoms with Crippen LogP contribution < -0.4 is 9.47 Å². The Bertz CT molecular complexity index is 1670. The Hall–Kier alpha value is -5.32. The van der Waals surface area contributed by atoms with Crippen LogP contribution in [-0.4, -0.2) is 57.5 Å². The van der Waals surface area contributed by atoms with Gasteiger partial charge >= 0.3 is 0 Å². The molecule has 0 unspecified atom stereocenters. The average Bonchev–Trinajstić information content (AvgIpc) is 3.48. The number of methoxy groups -OCH3 is 2. The molecular weight excluding hydrogens is 518 g/mol. The lowest BCUT2D eigenvalue weighted by molar-refractivity contribution is -0.384. The van der Waals surface area contributed by atoms with Gasteiger partial charge in [-0.05, 0) is 60.0 Å². The number of likely N-dealkylation sites (tertiary alicyclic amines) is 1. The highest BCUT2D eigenvalue weighted by molar-refractivity contribution is 6.46. The van der Waals surface area contributed by atoms with Crippen molar-refractivity contribution < 1.29 is 34.2 Å². The van der Waals surface area contributed by atoms with Crippen LogP contribution in [0.4, 0.5) is 5.69 Å². The van der Waals surface area contributed by atoms with Gasteiger partial charge in [-0.3, -0.25) is 19.7 Å². The molecule has 5 rings (SSSR count). The average molecular weight is 544 g/mol. The number of nitrogens with one attached hydrogen (secondary N) is 1. The third-order valence-corrected chi connectivity index (χ3v) is 7.01. The SMILES string of the molecule is COc1ccc2[nH]cc(CCN3C(=O)C(=O)C(=C(O)c4ccc([N+](=O)[O-])cc4)[C@@H]3c3ccc(O)c(OC)c3)c2c1. The van der Waals surface area contributed by atoms with Gasteiger partial charge in [-0.1, -0.05) is 6.07 Å². The highest BCUT2D eigenvalue weighted by Gasteiger charge is 2.46. The lowest BCUT2D eigenvalue weighted by Gasteiger charge is -2.25. The van der Waals surface area contributed by atoms with Crippen LogP contribution in [0.15, 0.2) is 72.4 Å². The molecule has 11 nitrogen and oxygen atoms in total. The maximum Gasteiger partial charge on any atom is 0.295 e. The molecule has 1 aromatic heterocycles. The number of nitro benzene ring substituents is 1. The van der Waals surface area contributed by atoms with Crippen molar-refractivity contribution in [2.24, 2.45) is 0 Å². The number of nitrogens with zero attached hydrogens (tertiary/aromatic N) is 2. The summed E-state index contributed by atoms with van der Waals surface area (Å²) < 4.78 is 10.6. The van der Waals surface area contributed by atoms with Crippen LogP contribution >= 0.6 is 0 Å². The van der Waals surface area contributed by atoms with Crippen molar-refractivity contribution in [3.63, 3.8) is 0 Å². The number of carbonyl (C=O) groups excluding carboxylic acids is 2. The van der Waals surface area contributed by atoms with Crippen molar-refractivity contribution >= 4 is 34.0 Å². The van der Waals surface area contributed by atoms with Gasteiger partial charge in [0, 0.05) is 41.3 Å². The van der Waals surface area contributed by atoms with Crippen LogP contribution in [0.2, 0.25) is 0 Å². The number of rotatable bonds is 8. The number of hydrogen-bond donors (Lipinski definition) is 3. The standard InChI is InChI=1S/C29H25N3O8/c1-39-20-8-9-22-21(14-20)18(15-30-22)11-12-31-26(17-5-10-23(33)24(13-17)40-2)25(28(35)29(31)36)27(34)16-3-6-19(7-4-16)32(37)38/h3-10,13-15,26,30,33-34H,11-12H2,1-2H3/t26-/m0/s1. The Kier molecular flexibility index (Phi) is 6.87. The van der Waals surface area contributed by atoms with Gasteiger partial charge in [0.05, 0.1) is 30.8 Å². The third kappa shape index (κ3) is 4.57. The summed E-state index contributed by atoms with van der Waals surface area (Å²) in [5, 5.41) is 33.4. The first-order valence-electron chi connectivity index (χ1n) is 12.3. The van der Waals surface area contributed by atoms with Crippen molar-refractivity contribution in [1.29, 1.82) is 0 Å². The molecule has 0 saturated carbocycles. The van der Waals surface area contributed by atoms with Crippen molar-refractivity contribution in [3.8, 4) is 17.2 Å². The maximum atomic E-state index is 13.4. The Morgan fingerprint density at radius 3 is 2.48 bits per heavy atom. The molecule has 1 fully saturated rings. The number of H-pyrrole nitrogens is 1. The molecule has 0 radical (unpaired) electrons. The van der Waals surface area contributed by atoms with E-state index in [1.807, 2.05) is 24.4 Å². The minimum Gasteiger partial charge on any atom is -0.507 e. The number of ether oxygens (including phenoxy) is 2. The van der Waals surface area contributed by atoms with E-state index in [1.54, 1.807) is 13.2 Å². The van der Waals surface area contributed by atoms with Gasteiger partial charge in [0.25, 0.3) is 17.4 Å². The van der Waals surface area contributed by atoms with Crippen LogP contribution in [0.3, 0.4) is 0 Å². The molecular formula is C29H25N3O8. The van der Waals surface area contributed by atoms with Gasteiger partial charge in [-0.2, -0.15) is 0 Å². The number of phenolic OH excluding ortho intramolecular Hbond substituents is 1. The van der Waals surface area contributed by atoms with Gasteiger partial charge in [-0.25, -0.2) is 0 Å². The van der Waals surface area contributed by atoms with E-state index >= 15 is 0 Å². The maximum absolute atomic E-state index is 13.4. The predicted octanol–water partition coefficient (Wildman–Crippen LogP) is 4.46. The summed E-state index contributed by atoms with van der Waals surface area (Å²) in [6, 6.07) is 14.0. The smallest absolute Gasteiger partial charge is 0.295 e. The molecule has 0 bridgehead atoms. The number of ketones is 1. The number of aromatic amines is 1. The van der Waals surface area contributed by atoms with E-state index in [-0.39, 0.29) is 34.9 Å². The number of carbonyl (C=O) groups is 2. The van der Waals surface area contributed by atoms with E-state index in [9.17, 15) is 29.9 Å². The van der Waals surface area contributed by atoms with Crippen molar-refractivity contribution in [2.45, 2.75) is 12.5 Å². The number of fused-ring (bicyclic) bond motifs is 1. The first-order chi connectivity index (χ1) is 19.2. The molecule has 40 heavy (non-hydrogen) atoms. The number of aromatic nitrogens is 1. The molecule has 0 aliphatic carbocycles. The molecule has 0 spiro atoms. The second kappa shape index (κ2) is 10.4. The van der Waals surface area contributed by atoms with Crippen LogP contribution in [0.25, 0.3) is 16.7 Å². The number of Topliss-reactive ketones (excluding diaryl/α,β-unsaturated/α-hetero) is 1. The summed E-state index contributed by atoms with van der Waals surface area (Å²) >= 11 is 0. The van der Waals surface area contributed by atoms with Crippen molar-refractivity contribution in [1.82, 2.24) is 9.88 Å². The number of aromatic hydroxyl groups is 1. The first-order valence-corrected chi connectivity index (χ1v) is 12.3. The van der Waals surface area contributed by atoms with Gasteiger partial charge in [0.1, 0.15) is 11.5 Å². The summed E-state index contributed by atoms with van der Waals surface area (Å²) in [7, 11) is 2.95. The Morgan fingerprint density at radius 2 is 1.80 bits per heavy atom. The minimum absolute atomic E-state index is 0.125. The number of non-ortho nitro benzene ring substituents is 1. The number of amides is 1. The predicted molar refractivity (Wildman–Crippen MR) is 145 cm³/mol. The molecule has 1 aliphatic heterocycles. The summed E-state index contributed by atoms with van der Waals surface area (Å²) in [6.45, 7) is 0.125. The van der Waals surface area contributed by atoms with Crippen LogP contribution in [0.5, 0.6) is 17.2 Å². The third-order valence-electron chi connectivity index (χ3n) is 7.01. The van der Waals surface area contributed by atoms with Crippen molar-refractivity contribution in [3.05, 3.63) is 99.2 Å².